The molecule has 1 aliphatic rings. The maximum Gasteiger partial charge on any atom is 0.280 e. The second-order valence-electron chi connectivity index (χ2n) is 5.05. The molecule has 0 amide bonds. The second kappa shape index (κ2) is 6.67. The van der Waals surface area contributed by atoms with Gasteiger partial charge in [-0.15, -0.1) is 44.3 Å². The lowest BCUT2D eigenvalue weighted by molar-refractivity contribution is 0.255. The van der Waals surface area contributed by atoms with Crippen molar-refractivity contribution in [3.63, 3.8) is 0 Å². The Bertz CT molecular complexity index is 225. The van der Waals surface area contributed by atoms with Crippen molar-refractivity contribution in [3.8, 4) is 0 Å². The number of hydrogen-bond acceptors (Lipinski definition) is 0. The average Bonchev–Trinajstić information content (AvgIpc) is 2.21. The van der Waals surface area contributed by atoms with Crippen molar-refractivity contribution in [3.05, 3.63) is 0 Å². The van der Waals surface area contributed by atoms with Gasteiger partial charge in [-0.1, -0.05) is 33.1 Å². The Hall–Kier alpha value is 1.59. The molecule has 6 heteroatoms. The summed E-state index contributed by atoms with van der Waals surface area (Å²) in [6, 6.07) is 0. The van der Waals surface area contributed by atoms with E-state index < -0.39 is 14.8 Å². The fourth-order valence-corrected chi connectivity index (χ4v) is 5.97. The van der Waals surface area contributed by atoms with E-state index in [0.717, 1.165) is 6.42 Å². The molecule has 0 N–H and O–H groups in total. The first-order chi connectivity index (χ1) is 7.38. The van der Waals surface area contributed by atoms with Gasteiger partial charge in [0.25, 0.3) is 14.8 Å². The van der Waals surface area contributed by atoms with Gasteiger partial charge in [-0.25, -0.2) is 0 Å². The predicted octanol–water partition coefficient (Wildman–Crippen LogP) is 5.65. The molecule has 16 heavy (non-hydrogen) atoms. The molecule has 3 unspecified atom stereocenters. The van der Waals surface area contributed by atoms with E-state index in [1.165, 1.54) is 25.7 Å². The molecule has 0 saturated heterocycles. The zero-order chi connectivity index (χ0) is 12.3. The summed E-state index contributed by atoms with van der Waals surface area (Å²) < 4.78 is 0. The molecule has 0 aromatic carbocycles. The van der Waals surface area contributed by atoms with Crippen molar-refractivity contribution in [2.75, 3.05) is 0 Å². The largest absolute Gasteiger partial charge is 0.280 e. The first-order valence-corrected chi connectivity index (χ1v) is 12.9. The van der Waals surface area contributed by atoms with E-state index in [1.807, 2.05) is 0 Å². The summed E-state index contributed by atoms with van der Waals surface area (Å²) in [6.07, 6.45) is 6.04. The Kier molecular flexibility index (Phi) is 6.53. The molecule has 94 valence electrons. The summed E-state index contributed by atoms with van der Waals surface area (Å²) in [4.78, 5) is 0. The van der Waals surface area contributed by atoms with Crippen LogP contribution in [0, 0.1) is 5.92 Å². The van der Waals surface area contributed by atoms with Gasteiger partial charge in [0.15, 0.2) is 0 Å². The minimum Gasteiger partial charge on any atom is -0.146 e. The van der Waals surface area contributed by atoms with E-state index >= 15 is 0 Å². The number of rotatable bonds is 4. The van der Waals surface area contributed by atoms with Crippen LogP contribution in [0.15, 0.2) is 0 Å². The average molecular weight is 336 g/mol. The Labute approximate surface area is 121 Å². The van der Waals surface area contributed by atoms with Crippen LogP contribution in [-0.4, -0.2) is 14.8 Å². The van der Waals surface area contributed by atoms with Crippen LogP contribution in [0.4, 0.5) is 0 Å². The van der Waals surface area contributed by atoms with Gasteiger partial charge < -0.3 is 0 Å². The highest BCUT2D eigenvalue weighted by Gasteiger charge is 2.44. The van der Waals surface area contributed by atoms with E-state index in [1.54, 1.807) is 0 Å². The summed E-state index contributed by atoms with van der Waals surface area (Å²) in [5.41, 5.74) is 0.422. The Morgan fingerprint density at radius 2 is 1.88 bits per heavy atom. The summed E-state index contributed by atoms with van der Waals surface area (Å²) >= 11 is 24.6. The van der Waals surface area contributed by atoms with E-state index in [0.29, 0.717) is 11.5 Å². The molecule has 2 radical (unpaired) electrons. The van der Waals surface area contributed by atoms with Crippen LogP contribution in [0.5, 0.6) is 0 Å². The lowest BCUT2D eigenvalue weighted by Gasteiger charge is -2.42. The molecule has 1 saturated carbocycles. The van der Waals surface area contributed by atoms with Crippen molar-refractivity contribution in [1.29, 1.82) is 0 Å². The Balaban J connectivity index is 2.67. The summed E-state index contributed by atoms with van der Waals surface area (Å²) in [5, 5.41) is 0.144. The molecule has 0 aromatic rings. The zero-order valence-corrected chi connectivity index (χ0v) is 14.7. The van der Waals surface area contributed by atoms with Gasteiger partial charge in [-0.3, -0.25) is 0 Å². The highest BCUT2D eigenvalue weighted by atomic mass is 35.7. The summed E-state index contributed by atoms with van der Waals surface area (Å²) in [7, 11) is -2.50. The van der Waals surface area contributed by atoms with E-state index in [2.05, 4.69) is 13.8 Å². The molecule has 0 nitrogen and oxygen atoms in total. The predicted molar refractivity (Wildman–Crippen MR) is 79.3 cm³/mol. The van der Waals surface area contributed by atoms with Crippen LogP contribution >= 0.6 is 44.3 Å². The van der Waals surface area contributed by atoms with E-state index in [4.69, 9.17) is 44.3 Å². The van der Waals surface area contributed by atoms with Gasteiger partial charge in [0.2, 0.25) is 0 Å². The molecule has 0 aromatic heterocycles. The van der Waals surface area contributed by atoms with Crippen molar-refractivity contribution < 1.29 is 0 Å². The first kappa shape index (κ1) is 15.7. The van der Waals surface area contributed by atoms with E-state index in [9.17, 15) is 0 Å². The third-order valence-corrected chi connectivity index (χ3v) is 11.2. The molecular weight excluding hydrogens is 318 g/mol. The number of halogens is 4. The minimum absolute atomic E-state index is 0.144. The van der Waals surface area contributed by atoms with Gasteiger partial charge in [0.1, 0.15) is 0 Å². The first-order valence-electron chi connectivity index (χ1n) is 5.74. The molecule has 0 aliphatic heterocycles. The van der Waals surface area contributed by atoms with Crippen LogP contribution in [0.25, 0.3) is 0 Å². The van der Waals surface area contributed by atoms with Gasteiger partial charge in [0, 0.05) is 0 Å². The van der Waals surface area contributed by atoms with Crippen LogP contribution < -0.4 is 0 Å². The quantitative estimate of drug-likeness (QED) is 0.460. The highest BCUT2D eigenvalue weighted by molar-refractivity contribution is 7.35. The lowest BCUT2D eigenvalue weighted by Crippen LogP contribution is -2.34. The maximum atomic E-state index is 6.27. The minimum atomic E-state index is -1.28. The van der Waals surface area contributed by atoms with Crippen LogP contribution in [-0.2, 0) is 0 Å². The van der Waals surface area contributed by atoms with Crippen molar-refractivity contribution in [2.24, 2.45) is 5.92 Å². The van der Waals surface area contributed by atoms with Gasteiger partial charge in [-0.05, 0) is 29.3 Å². The standard InChI is InChI=1S/C10H18Cl4Si2/c1-8(15(11)12)7-9-5-3-4-6-10(9,2)16(13)14/h8-9H,3-7H2,1-2H3. The molecule has 1 aliphatic carbocycles. The maximum absolute atomic E-state index is 6.27. The fraction of sp³-hybridized carbons (Fsp3) is 1.00. The zero-order valence-electron chi connectivity index (χ0n) is 9.70. The molecule has 3 atom stereocenters. The van der Waals surface area contributed by atoms with Gasteiger partial charge >= 0.3 is 0 Å². The monoisotopic (exact) mass is 334 g/mol. The molecule has 1 rings (SSSR count). The summed E-state index contributed by atoms with van der Waals surface area (Å²) in [5.74, 6) is 0.609. The molecule has 0 heterocycles. The highest BCUT2D eigenvalue weighted by Crippen LogP contribution is 2.54. The van der Waals surface area contributed by atoms with Crippen molar-refractivity contribution in [2.45, 2.75) is 56.5 Å². The molecular formula is C10H18Cl4Si2. The number of hydrogen-bond donors (Lipinski definition) is 0. The van der Waals surface area contributed by atoms with Crippen LogP contribution in [0.2, 0.25) is 10.6 Å². The molecule has 0 bridgehead atoms. The third kappa shape index (κ3) is 3.79. The topological polar surface area (TPSA) is 0 Å². The lowest BCUT2D eigenvalue weighted by atomic mass is 9.77. The fourth-order valence-electron chi connectivity index (χ4n) is 2.55. The third-order valence-electron chi connectivity index (χ3n) is 3.84. The summed E-state index contributed by atoms with van der Waals surface area (Å²) in [6.45, 7) is 4.41. The van der Waals surface area contributed by atoms with Crippen LogP contribution in [0.1, 0.15) is 46.0 Å². The van der Waals surface area contributed by atoms with Crippen LogP contribution in [0.3, 0.4) is 0 Å². The van der Waals surface area contributed by atoms with Crippen molar-refractivity contribution >= 4 is 59.1 Å². The Morgan fingerprint density at radius 3 is 2.38 bits per heavy atom. The smallest absolute Gasteiger partial charge is 0.146 e. The molecule has 0 spiro atoms. The van der Waals surface area contributed by atoms with Gasteiger partial charge in [0.05, 0.1) is 0 Å². The SMILES string of the molecule is CC(CC1CCCCC1(C)[Si](Cl)Cl)[Si](Cl)Cl. The normalized spacial score (nSPS) is 33.4. The van der Waals surface area contributed by atoms with Crippen molar-refractivity contribution in [1.82, 2.24) is 0 Å². The van der Waals surface area contributed by atoms with E-state index in [-0.39, 0.29) is 5.04 Å². The molecule has 1 fully saturated rings. The van der Waals surface area contributed by atoms with Gasteiger partial charge in [-0.2, -0.15) is 0 Å². The Morgan fingerprint density at radius 1 is 1.25 bits per heavy atom. The second-order valence-corrected chi connectivity index (χ2v) is 14.1.